The molecule has 0 unspecified atom stereocenters. The average Bonchev–Trinajstić information content (AvgIpc) is 2.55. The maximum Gasteiger partial charge on any atom is 0.282 e. The highest BCUT2D eigenvalue weighted by molar-refractivity contribution is 9.10. The molecule has 0 aliphatic heterocycles. The van der Waals surface area contributed by atoms with Crippen LogP contribution in [-0.2, 0) is 0 Å². The van der Waals surface area contributed by atoms with E-state index >= 15 is 0 Å². The number of hydrogen-bond acceptors (Lipinski definition) is 4. The van der Waals surface area contributed by atoms with Crippen LogP contribution < -0.4 is 10.6 Å². The van der Waals surface area contributed by atoms with E-state index in [-0.39, 0.29) is 11.3 Å². The Morgan fingerprint density at radius 3 is 2.28 bits per heavy atom. The van der Waals surface area contributed by atoms with Crippen LogP contribution in [0.15, 0.2) is 53.0 Å². The first-order valence-electron chi connectivity index (χ1n) is 6.81. The van der Waals surface area contributed by atoms with Crippen LogP contribution in [-0.4, -0.2) is 20.8 Å². The predicted molar refractivity (Wildman–Crippen MR) is 102 cm³/mol. The Morgan fingerprint density at radius 2 is 1.72 bits per heavy atom. The molecule has 6 nitrogen and oxygen atoms in total. The summed E-state index contributed by atoms with van der Waals surface area (Å²) < 4.78 is -1.04. The van der Waals surface area contributed by atoms with Gasteiger partial charge in [-0.3, -0.25) is 14.9 Å². The average molecular weight is 468 g/mol. The van der Waals surface area contributed by atoms with Crippen LogP contribution in [0.2, 0.25) is 0 Å². The number of alkyl halides is 3. The van der Waals surface area contributed by atoms with E-state index in [2.05, 4.69) is 26.6 Å². The predicted octanol–water partition coefficient (Wildman–Crippen LogP) is 4.90. The van der Waals surface area contributed by atoms with Crippen molar-refractivity contribution in [2.75, 3.05) is 5.32 Å². The van der Waals surface area contributed by atoms with Gasteiger partial charge in [0.2, 0.25) is 3.79 Å². The Bertz CT molecular complexity index is 782. The number of hydrogen-bond donors (Lipinski definition) is 2. The van der Waals surface area contributed by atoms with Crippen LogP contribution in [0.3, 0.4) is 0 Å². The number of rotatable bonds is 5. The third-order valence-electron chi connectivity index (χ3n) is 3.10. The molecule has 0 radical (unpaired) electrons. The fourth-order valence-electron chi connectivity index (χ4n) is 1.95. The molecule has 0 heterocycles. The first-order chi connectivity index (χ1) is 11.7. The quantitative estimate of drug-likeness (QED) is 0.284. The number of nitro benzene ring substituents is 1. The van der Waals surface area contributed by atoms with Gasteiger partial charge >= 0.3 is 0 Å². The number of anilines is 1. The van der Waals surface area contributed by atoms with E-state index < -0.39 is 20.8 Å². The topological polar surface area (TPSA) is 84.3 Å². The van der Waals surface area contributed by atoms with Crippen molar-refractivity contribution in [1.82, 2.24) is 5.32 Å². The number of carbonyl (C=O) groups is 1. The summed E-state index contributed by atoms with van der Waals surface area (Å²) in [6.45, 7) is 0. The number of para-hydroxylation sites is 1. The van der Waals surface area contributed by atoms with Crippen molar-refractivity contribution in [1.29, 1.82) is 0 Å². The lowest BCUT2D eigenvalue weighted by Gasteiger charge is -2.27. The molecule has 2 aromatic carbocycles. The molecule has 2 rings (SSSR count). The van der Waals surface area contributed by atoms with Gasteiger partial charge in [-0.15, -0.1) is 0 Å². The molecule has 0 saturated heterocycles. The van der Waals surface area contributed by atoms with E-state index in [0.717, 1.165) is 4.47 Å². The first kappa shape index (κ1) is 19.8. The molecule has 2 N–H and O–H groups in total. The fourth-order valence-corrected chi connectivity index (χ4v) is 2.54. The lowest BCUT2D eigenvalue weighted by Crippen LogP contribution is -2.49. The summed E-state index contributed by atoms with van der Waals surface area (Å²) in [5, 5.41) is 16.4. The van der Waals surface area contributed by atoms with Crippen molar-refractivity contribution in [3.63, 3.8) is 0 Å². The summed E-state index contributed by atoms with van der Waals surface area (Å²) in [6.07, 6.45) is -1.12. The van der Waals surface area contributed by atoms with Crippen molar-refractivity contribution in [3.8, 4) is 0 Å². The van der Waals surface area contributed by atoms with Gasteiger partial charge < -0.3 is 10.6 Å². The van der Waals surface area contributed by atoms with Crippen molar-refractivity contribution in [3.05, 3.63) is 68.7 Å². The first-order valence-corrected chi connectivity index (χ1v) is 8.74. The standard InChI is InChI=1S/C15H11BrCl3N3O3/c16-9-5-7-10(8-6-9)20-14(15(17,18)19)21-13(23)11-3-1-2-4-12(11)22(24)25/h1-8,14,20H,(H,21,23)/t14-/m0/s1. The van der Waals surface area contributed by atoms with Crippen molar-refractivity contribution in [2.24, 2.45) is 0 Å². The van der Waals surface area contributed by atoms with Crippen LogP contribution in [0.4, 0.5) is 11.4 Å². The molecule has 2 aromatic rings. The van der Waals surface area contributed by atoms with Gasteiger partial charge in [0.25, 0.3) is 11.6 Å². The third-order valence-corrected chi connectivity index (χ3v) is 4.29. The minimum Gasteiger partial charge on any atom is -0.362 e. The fraction of sp³-hybridized carbons (Fsp3) is 0.133. The molecule has 0 saturated carbocycles. The van der Waals surface area contributed by atoms with E-state index in [4.69, 9.17) is 34.8 Å². The van der Waals surface area contributed by atoms with Crippen LogP contribution in [0.5, 0.6) is 0 Å². The highest BCUT2D eigenvalue weighted by atomic mass is 79.9. The number of amides is 1. The largest absolute Gasteiger partial charge is 0.362 e. The van der Waals surface area contributed by atoms with E-state index in [0.29, 0.717) is 5.69 Å². The summed E-state index contributed by atoms with van der Waals surface area (Å²) in [5.74, 6) is -0.742. The molecule has 1 atom stereocenters. The zero-order valence-electron chi connectivity index (χ0n) is 12.4. The van der Waals surface area contributed by atoms with E-state index in [9.17, 15) is 14.9 Å². The zero-order valence-corrected chi connectivity index (χ0v) is 16.2. The lowest BCUT2D eigenvalue weighted by atomic mass is 10.1. The summed E-state index contributed by atoms with van der Waals surface area (Å²) >= 11 is 21.1. The SMILES string of the molecule is O=C(N[C@H](Nc1ccc(Br)cc1)C(Cl)(Cl)Cl)c1ccccc1[N+](=O)[O-]. The van der Waals surface area contributed by atoms with Gasteiger partial charge in [0.1, 0.15) is 11.7 Å². The monoisotopic (exact) mass is 465 g/mol. The van der Waals surface area contributed by atoms with Gasteiger partial charge in [0, 0.05) is 16.2 Å². The maximum atomic E-state index is 12.4. The van der Waals surface area contributed by atoms with Gasteiger partial charge in [0.15, 0.2) is 0 Å². The molecule has 0 fully saturated rings. The Labute approximate surface area is 166 Å². The second-order valence-electron chi connectivity index (χ2n) is 4.87. The van der Waals surface area contributed by atoms with Gasteiger partial charge in [-0.2, -0.15) is 0 Å². The Hall–Kier alpha value is -1.54. The van der Waals surface area contributed by atoms with Gasteiger partial charge in [-0.1, -0.05) is 62.9 Å². The zero-order chi connectivity index (χ0) is 18.6. The van der Waals surface area contributed by atoms with E-state index in [1.807, 2.05) is 0 Å². The maximum absolute atomic E-state index is 12.4. The Balaban J connectivity index is 2.24. The number of benzene rings is 2. The second-order valence-corrected chi connectivity index (χ2v) is 8.16. The molecule has 0 bridgehead atoms. The summed E-state index contributed by atoms with van der Waals surface area (Å²) in [5.41, 5.74) is 0.110. The summed E-state index contributed by atoms with van der Waals surface area (Å²) in [4.78, 5) is 22.8. The smallest absolute Gasteiger partial charge is 0.282 e. The molecule has 25 heavy (non-hydrogen) atoms. The molecular weight excluding hydrogens is 456 g/mol. The minimum atomic E-state index is -1.90. The van der Waals surface area contributed by atoms with Crippen LogP contribution >= 0.6 is 50.7 Å². The molecule has 1 amide bonds. The Morgan fingerprint density at radius 1 is 1.12 bits per heavy atom. The number of nitrogens with zero attached hydrogens (tertiary/aromatic N) is 1. The third kappa shape index (κ3) is 5.47. The molecule has 132 valence electrons. The highest BCUT2D eigenvalue weighted by Gasteiger charge is 2.35. The molecule has 10 heteroatoms. The van der Waals surface area contributed by atoms with Gasteiger partial charge in [-0.05, 0) is 30.3 Å². The van der Waals surface area contributed by atoms with Gasteiger partial charge in [-0.25, -0.2) is 0 Å². The minimum absolute atomic E-state index is 0.135. The van der Waals surface area contributed by atoms with E-state index in [1.54, 1.807) is 24.3 Å². The van der Waals surface area contributed by atoms with Crippen LogP contribution in [0.25, 0.3) is 0 Å². The van der Waals surface area contributed by atoms with Crippen molar-refractivity contribution >= 4 is 68.0 Å². The molecule has 0 aromatic heterocycles. The number of halogens is 4. The number of nitro groups is 1. The second kappa shape index (κ2) is 8.23. The molecule has 0 aliphatic carbocycles. The highest BCUT2D eigenvalue weighted by Crippen LogP contribution is 2.32. The normalized spacial score (nSPS) is 12.3. The van der Waals surface area contributed by atoms with E-state index in [1.165, 1.54) is 24.3 Å². The summed E-state index contributed by atoms with van der Waals surface area (Å²) in [6, 6.07) is 12.5. The molecule has 0 aliphatic rings. The van der Waals surface area contributed by atoms with Crippen LogP contribution in [0.1, 0.15) is 10.4 Å². The molecule has 0 spiro atoms. The van der Waals surface area contributed by atoms with Crippen molar-refractivity contribution in [2.45, 2.75) is 9.96 Å². The van der Waals surface area contributed by atoms with Crippen LogP contribution in [0, 0.1) is 10.1 Å². The van der Waals surface area contributed by atoms with Crippen molar-refractivity contribution < 1.29 is 9.72 Å². The lowest BCUT2D eigenvalue weighted by molar-refractivity contribution is -0.385. The summed E-state index contributed by atoms with van der Waals surface area (Å²) in [7, 11) is 0. The molecular formula is C15H11BrCl3N3O3. The van der Waals surface area contributed by atoms with Gasteiger partial charge in [0.05, 0.1) is 4.92 Å². The Kier molecular flexibility index (Phi) is 6.51. The number of nitrogens with one attached hydrogen (secondary N) is 2. The number of carbonyl (C=O) groups excluding carboxylic acids is 1.